The van der Waals surface area contributed by atoms with Gasteiger partial charge in [0.2, 0.25) is 0 Å². The summed E-state index contributed by atoms with van der Waals surface area (Å²) in [4.78, 5) is 0. The maximum absolute atomic E-state index is 9.70. The molecule has 0 radical (unpaired) electrons. The zero-order chi connectivity index (χ0) is 12.4. The second-order valence-electron chi connectivity index (χ2n) is 4.47. The van der Waals surface area contributed by atoms with E-state index >= 15 is 0 Å². The minimum atomic E-state index is 0.317. The lowest BCUT2D eigenvalue weighted by atomic mass is 9.94. The van der Waals surface area contributed by atoms with Crippen molar-refractivity contribution in [2.45, 2.75) is 6.42 Å². The molecular formula is C16H15NO. The van der Waals surface area contributed by atoms with Gasteiger partial charge in [0.15, 0.2) is 0 Å². The van der Waals surface area contributed by atoms with E-state index in [1.54, 1.807) is 6.07 Å². The molecule has 2 heteroatoms. The lowest BCUT2D eigenvalue weighted by molar-refractivity contribution is 0.475. The van der Waals surface area contributed by atoms with Crippen LogP contribution in [0.2, 0.25) is 0 Å². The van der Waals surface area contributed by atoms with Gasteiger partial charge in [-0.2, -0.15) is 0 Å². The number of rotatable bonds is 1. The summed E-state index contributed by atoms with van der Waals surface area (Å²) in [6.07, 6.45) is 3.02. The van der Waals surface area contributed by atoms with Gasteiger partial charge in [-0.15, -0.1) is 0 Å². The van der Waals surface area contributed by atoms with Gasteiger partial charge in [0.05, 0.1) is 0 Å². The Kier molecular flexibility index (Phi) is 2.77. The topological polar surface area (TPSA) is 32.3 Å². The Labute approximate surface area is 107 Å². The van der Waals surface area contributed by atoms with Crippen LogP contribution in [0.1, 0.15) is 16.7 Å². The molecule has 3 rings (SSSR count). The summed E-state index contributed by atoms with van der Waals surface area (Å²) in [6.45, 7) is 0.925. The van der Waals surface area contributed by atoms with Crippen LogP contribution >= 0.6 is 0 Å². The van der Waals surface area contributed by atoms with Gasteiger partial charge in [0, 0.05) is 18.3 Å². The predicted octanol–water partition coefficient (Wildman–Crippen LogP) is 2.93. The number of benzene rings is 2. The maximum Gasteiger partial charge on any atom is 0.116 e. The quantitative estimate of drug-likeness (QED) is 0.799. The number of hydrogen-bond acceptors (Lipinski definition) is 2. The fourth-order valence-electron chi connectivity index (χ4n) is 2.35. The van der Waals surface area contributed by atoms with E-state index in [1.807, 2.05) is 36.5 Å². The average molecular weight is 237 g/mol. The molecule has 0 atom stereocenters. The van der Waals surface area contributed by atoms with Crippen LogP contribution in [0.15, 0.2) is 54.7 Å². The van der Waals surface area contributed by atoms with Gasteiger partial charge in [0.1, 0.15) is 5.75 Å². The van der Waals surface area contributed by atoms with Crippen LogP contribution < -0.4 is 5.32 Å². The molecule has 18 heavy (non-hydrogen) atoms. The Morgan fingerprint density at radius 2 is 1.83 bits per heavy atom. The maximum atomic E-state index is 9.70. The molecule has 2 nitrogen and oxygen atoms in total. The van der Waals surface area contributed by atoms with Gasteiger partial charge in [0.25, 0.3) is 0 Å². The van der Waals surface area contributed by atoms with Crippen molar-refractivity contribution in [3.8, 4) is 5.75 Å². The molecule has 0 saturated heterocycles. The summed E-state index contributed by atoms with van der Waals surface area (Å²) < 4.78 is 0. The molecule has 90 valence electrons. The number of aromatic hydroxyl groups is 1. The first kappa shape index (κ1) is 10.9. The lowest BCUT2D eigenvalue weighted by Crippen LogP contribution is -2.07. The van der Waals surface area contributed by atoms with Crippen molar-refractivity contribution in [3.05, 3.63) is 71.4 Å². The van der Waals surface area contributed by atoms with Crippen LogP contribution in [-0.2, 0) is 6.42 Å². The molecule has 2 N–H and O–H groups in total. The highest BCUT2D eigenvalue weighted by Crippen LogP contribution is 2.30. The van der Waals surface area contributed by atoms with E-state index in [4.69, 9.17) is 0 Å². The summed E-state index contributed by atoms with van der Waals surface area (Å²) in [6, 6.07) is 15.9. The molecule has 1 aliphatic heterocycles. The van der Waals surface area contributed by atoms with Gasteiger partial charge in [-0.05, 0) is 35.2 Å². The largest absolute Gasteiger partial charge is 0.508 e. The van der Waals surface area contributed by atoms with Crippen LogP contribution in [0.3, 0.4) is 0 Å². The predicted molar refractivity (Wildman–Crippen MR) is 73.3 cm³/mol. The van der Waals surface area contributed by atoms with E-state index in [-0.39, 0.29) is 0 Å². The second-order valence-corrected chi connectivity index (χ2v) is 4.47. The summed E-state index contributed by atoms with van der Waals surface area (Å²) >= 11 is 0. The highest BCUT2D eigenvalue weighted by molar-refractivity contribution is 5.82. The number of hydrogen-bond donors (Lipinski definition) is 2. The van der Waals surface area contributed by atoms with Gasteiger partial charge >= 0.3 is 0 Å². The third kappa shape index (κ3) is 1.97. The van der Waals surface area contributed by atoms with E-state index in [1.165, 1.54) is 11.1 Å². The molecule has 2 aromatic carbocycles. The van der Waals surface area contributed by atoms with Crippen LogP contribution in [0.5, 0.6) is 5.75 Å². The van der Waals surface area contributed by atoms with Crippen molar-refractivity contribution >= 4 is 5.57 Å². The van der Waals surface area contributed by atoms with Crippen molar-refractivity contribution in [1.29, 1.82) is 0 Å². The molecule has 0 aliphatic carbocycles. The SMILES string of the molecule is Oc1ccc2c(c1)C(c1ccccc1)=CNCC2. The molecule has 0 unspecified atom stereocenters. The lowest BCUT2D eigenvalue weighted by Gasteiger charge is -2.11. The van der Waals surface area contributed by atoms with Gasteiger partial charge in [-0.3, -0.25) is 0 Å². The first-order valence-corrected chi connectivity index (χ1v) is 6.16. The molecular weight excluding hydrogens is 222 g/mol. The van der Waals surface area contributed by atoms with Crippen molar-refractivity contribution in [1.82, 2.24) is 5.32 Å². The monoisotopic (exact) mass is 237 g/mol. The highest BCUT2D eigenvalue weighted by atomic mass is 16.3. The van der Waals surface area contributed by atoms with Gasteiger partial charge in [-0.25, -0.2) is 0 Å². The van der Waals surface area contributed by atoms with Gasteiger partial charge < -0.3 is 10.4 Å². The zero-order valence-corrected chi connectivity index (χ0v) is 10.1. The zero-order valence-electron chi connectivity index (χ0n) is 10.1. The molecule has 0 bridgehead atoms. The van der Waals surface area contributed by atoms with E-state index in [0.29, 0.717) is 5.75 Å². The van der Waals surface area contributed by atoms with Crippen molar-refractivity contribution in [2.24, 2.45) is 0 Å². The molecule has 0 aromatic heterocycles. The van der Waals surface area contributed by atoms with E-state index in [2.05, 4.69) is 17.4 Å². The average Bonchev–Trinajstić information content (AvgIpc) is 2.61. The Morgan fingerprint density at radius 3 is 2.67 bits per heavy atom. The smallest absolute Gasteiger partial charge is 0.116 e. The molecule has 0 saturated carbocycles. The number of phenolic OH excluding ortho intramolecular Hbond substituents is 1. The third-order valence-electron chi connectivity index (χ3n) is 3.25. The summed E-state index contributed by atoms with van der Waals surface area (Å²) in [7, 11) is 0. The first-order valence-electron chi connectivity index (χ1n) is 6.16. The third-order valence-corrected chi connectivity index (χ3v) is 3.25. The summed E-state index contributed by atoms with van der Waals surface area (Å²) in [5.41, 5.74) is 4.69. The van der Waals surface area contributed by atoms with E-state index in [0.717, 1.165) is 24.1 Å². The van der Waals surface area contributed by atoms with E-state index < -0.39 is 0 Å². The van der Waals surface area contributed by atoms with Gasteiger partial charge in [-0.1, -0.05) is 36.4 Å². The summed E-state index contributed by atoms with van der Waals surface area (Å²) in [5, 5.41) is 13.0. The standard InChI is InChI=1S/C16H15NO/c18-14-7-6-13-8-9-17-11-16(15(13)10-14)12-4-2-1-3-5-12/h1-7,10-11,17-18H,8-9H2. The first-order chi connectivity index (χ1) is 8.84. The van der Waals surface area contributed by atoms with Crippen molar-refractivity contribution in [2.75, 3.05) is 6.54 Å². The second kappa shape index (κ2) is 4.57. The molecule has 2 aromatic rings. The Balaban J connectivity index is 2.16. The molecule has 0 spiro atoms. The summed E-state index contributed by atoms with van der Waals surface area (Å²) in [5.74, 6) is 0.317. The number of fused-ring (bicyclic) bond motifs is 1. The van der Waals surface area contributed by atoms with Crippen LogP contribution in [-0.4, -0.2) is 11.7 Å². The number of nitrogens with one attached hydrogen (secondary N) is 1. The van der Waals surface area contributed by atoms with Crippen molar-refractivity contribution in [3.63, 3.8) is 0 Å². The fourth-order valence-corrected chi connectivity index (χ4v) is 2.35. The molecule has 0 amide bonds. The van der Waals surface area contributed by atoms with Crippen LogP contribution in [0.25, 0.3) is 5.57 Å². The van der Waals surface area contributed by atoms with Crippen LogP contribution in [0, 0.1) is 0 Å². The molecule has 1 heterocycles. The minimum absolute atomic E-state index is 0.317. The Hall–Kier alpha value is -2.22. The normalized spacial score (nSPS) is 14.1. The Morgan fingerprint density at radius 1 is 1.00 bits per heavy atom. The Bertz CT molecular complexity index is 587. The minimum Gasteiger partial charge on any atom is -0.508 e. The fraction of sp³-hybridized carbons (Fsp3) is 0.125. The van der Waals surface area contributed by atoms with Crippen molar-refractivity contribution < 1.29 is 5.11 Å². The van der Waals surface area contributed by atoms with Crippen LogP contribution in [0.4, 0.5) is 0 Å². The highest BCUT2D eigenvalue weighted by Gasteiger charge is 2.13. The molecule has 0 fully saturated rings. The molecule has 1 aliphatic rings. The number of phenols is 1. The van der Waals surface area contributed by atoms with E-state index in [9.17, 15) is 5.11 Å².